The average molecular weight is 371 g/mol. The van der Waals surface area contributed by atoms with E-state index in [2.05, 4.69) is 15.6 Å². The van der Waals surface area contributed by atoms with E-state index in [1.165, 1.54) is 19.4 Å². The predicted octanol–water partition coefficient (Wildman–Crippen LogP) is 2.92. The van der Waals surface area contributed by atoms with Crippen molar-refractivity contribution in [2.45, 2.75) is 19.4 Å². The summed E-state index contributed by atoms with van der Waals surface area (Å²) in [7, 11) is 1.38. The minimum Gasteiger partial charge on any atom is -0.481 e. The number of nitrogens with two attached hydrogens (primary N) is 1. The van der Waals surface area contributed by atoms with Crippen LogP contribution >= 0.6 is 0 Å². The summed E-state index contributed by atoms with van der Waals surface area (Å²) in [5, 5.41) is 13.2. The Balaban J connectivity index is 2.04. The molecule has 1 aromatic carbocycles. The number of aromatic nitrogens is 1. The van der Waals surface area contributed by atoms with Crippen molar-refractivity contribution < 1.29 is 14.3 Å². The lowest BCUT2D eigenvalue weighted by molar-refractivity contribution is 0.114. The summed E-state index contributed by atoms with van der Waals surface area (Å²) in [6.45, 7) is 3.02. The summed E-state index contributed by atoms with van der Waals surface area (Å²) in [6.07, 6.45) is 2.29. The molecule has 2 amide bonds. The van der Waals surface area contributed by atoms with Gasteiger partial charge in [0.05, 0.1) is 25.3 Å². The number of methoxy groups -OCH3 is 1. The van der Waals surface area contributed by atoms with Gasteiger partial charge in [-0.1, -0.05) is 37.3 Å². The Morgan fingerprint density at radius 1 is 1.33 bits per heavy atom. The molecule has 5 N–H and O–H groups in total. The molecule has 0 spiro atoms. The highest BCUT2D eigenvalue weighted by Gasteiger charge is 2.16. The fourth-order valence-corrected chi connectivity index (χ4v) is 2.40. The van der Waals surface area contributed by atoms with E-state index in [-0.39, 0.29) is 23.4 Å². The molecule has 0 aliphatic heterocycles. The maximum Gasteiger partial charge on any atom is 0.320 e. The average Bonchev–Trinajstić information content (AvgIpc) is 2.67. The molecule has 0 saturated heterocycles. The van der Waals surface area contributed by atoms with Crippen molar-refractivity contribution in [1.82, 2.24) is 10.3 Å². The number of benzene rings is 1. The second-order valence-electron chi connectivity index (χ2n) is 5.83. The molecule has 144 valence electrons. The highest BCUT2D eigenvalue weighted by molar-refractivity contribution is 5.97. The van der Waals surface area contributed by atoms with E-state index >= 15 is 0 Å². The van der Waals surface area contributed by atoms with Crippen LogP contribution in [0.15, 0.2) is 42.6 Å². The van der Waals surface area contributed by atoms with Gasteiger partial charge in [-0.15, -0.1) is 0 Å². The number of hydrogen-bond acceptors (Lipinski definition) is 6. The van der Waals surface area contributed by atoms with E-state index in [1.807, 2.05) is 37.3 Å². The Kier molecular flexibility index (Phi) is 7.57. The van der Waals surface area contributed by atoms with Crippen molar-refractivity contribution in [3.05, 3.63) is 53.7 Å². The quantitative estimate of drug-likeness (QED) is 0.323. The van der Waals surface area contributed by atoms with Crippen molar-refractivity contribution >= 4 is 23.4 Å². The molecule has 0 unspecified atom stereocenters. The van der Waals surface area contributed by atoms with Crippen LogP contribution in [0.25, 0.3) is 0 Å². The van der Waals surface area contributed by atoms with E-state index in [0.29, 0.717) is 18.8 Å². The number of rotatable bonds is 8. The molecular formula is C19H25N5O3. The van der Waals surface area contributed by atoms with Gasteiger partial charge in [-0.25, -0.2) is 9.78 Å². The fourth-order valence-electron chi connectivity index (χ4n) is 2.40. The molecule has 0 bridgehead atoms. The number of ether oxygens (including phenoxy) is 2. The van der Waals surface area contributed by atoms with Gasteiger partial charge in [0.1, 0.15) is 5.82 Å². The van der Waals surface area contributed by atoms with E-state index in [0.717, 1.165) is 12.0 Å². The number of nitrogens with one attached hydrogen (secondary N) is 3. The van der Waals surface area contributed by atoms with Crippen molar-refractivity contribution in [3.8, 4) is 0 Å². The Morgan fingerprint density at radius 3 is 2.70 bits per heavy atom. The molecule has 2 rings (SSSR count). The lowest BCUT2D eigenvalue weighted by atomic mass is 10.1. The number of anilines is 2. The zero-order chi connectivity index (χ0) is 19.6. The summed E-state index contributed by atoms with van der Waals surface area (Å²) >= 11 is 0. The maximum absolute atomic E-state index is 12.4. The summed E-state index contributed by atoms with van der Waals surface area (Å²) < 4.78 is 10.4. The van der Waals surface area contributed by atoms with Crippen molar-refractivity contribution in [1.29, 1.82) is 5.41 Å². The van der Waals surface area contributed by atoms with Crippen LogP contribution in [0.2, 0.25) is 0 Å². The van der Waals surface area contributed by atoms with Gasteiger partial charge < -0.3 is 20.5 Å². The van der Waals surface area contributed by atoms with Crippen molar-refractivity contribution in [3.63, 3.8) is 0 Å². The van der Waals surface area contributed by atoms with E-state index in [1.54, 1.807) is 0 Å². The summed E-state index contributed by atoms with van der Waals surface area (Å²) in [6, 6.07) is 10.4. The minimum absolute atomic E-state index is 0.0896. The van der Waals surface area contributed by atoms with Crippen LogP contribution < -0.4 is 16.4 Å². The second-order valence-corrected chi connectivity index (χ2v) is 5.83. The molecule has 0 fully saturated rings. The van der Waals surface area contributed by atoms with Crippen molar-refractivity contribution in [2.24, 2.45) is 0 Å². The standard InChI is InChI=1S/C19H25N5O3/c1-3-9-27-12-16(13-7-5-4-6-8-13)23-19(25)24-17-10-15(20)14(11-22-17)18(21)26-2/h4-8,10-11,16,21H,3,9,12H2,1-2H3,(H4,20,22,23,24,25)/t16-/m1/s1. The van der Waals surface area contributed by atoms with Gasteiger partial charge in [-0.05, 0) is 12.0 Å². The molecule has 1 aromatic heterocycles. The summed E-state index contributed by atoms with van der Waals surface area (Å²) in [5.74, 6) is 0.187. The zero-order valence-electron chi connectivity index (χ0n) is 15.5. The number of amides is 2. The van der Waals surface area contributed by atoms with Crippen molar-refractivity contribution in [2.75, 3.05) is 31.4 Å². The number of nitrogens with zero attached hydrogens (tertiary/aromatic N) is 1. The Bertz CT molecular complexity index is 767. The topological polar surface area (TPSA) is 122 Å². The largest absolute Gasteiger partial charge is 0.481 e. The number of nitrogen functional groups attached to an aromatic ring is 1. The summed E-state index contributed by atoms with van der Waals surface area (Å²) in [4.78, 5) is 16.5. The first-order valence-corrected chi connectivity index (χ1v) is 8.63. The molecule has 1 atom stereocenters. The highest BCUT2D eigenvalue weighted by atomic mass is 16.5. The van der Waals surface area contributed by atoms with Gasteiger partial charge in [-0.3, -0.25) is 10.7 Å². The third kappa shape index (κ3) is 5.96. The van der Waals surface area contributed by atoms with E-state index < -0.39 is 6.03 Å². The Hall–Kier alpha value is -3.13. The smallest absolute Gasteiger partial charge is 0.320 e. The molecule has 0 aliphatic rings. The fraction of sp³-hybridized carbons (Fsp3) is 0.316. The van der Waals surface area contributed by atoms with Gasteiger partial charge in [-0.2, -0.15) is 0 Å². The number of hydrogen-bond donors (Lipinski definition) is 4. The second kappa shape index (κ2) is 10.1. The van der Waals surface area contributed by atoms with Crippen LogP contribution in [-0.2, 0) is 9.47 Å². The predicted molar refractivity (Wildman–Crippen MR) is 105 cm³/mol. The normalized spacial score (nSPS) is 11.5. The lowest BCUT2D eigenvalue weighted by Gasteiger charge is -2.19. The number of carbonyl (C=O) groups is 1. The van der Waals surface area contributed by atoms with E-state index in [4.69, 9.17) is 20.6 Å². The van der Waals surface area contributed by atoms with Crippen LogP contribution in [0, 0.1) is 5.41 Å². The molecule has 8 heteroatoms. The lowest BCUT2D eigenvalue weighted by Crippen LogP contribution is -2.35. The molecule has 0 aliphatic carbocycles. The minimum atomic E-state index is -0.426. The zero-order valence-corrected chi connectivity index (χ0v) is 15.5. The Morgan fingerprint density at radius 2 is 2.07 bits per heavy atom. The third-order valence-electron chi connectivity index (χ3n) is 3.77. The SMILES string of the molecule is CCCOC[C@@H](NC(=O)Nc1cc(N)c(C(=N)OC)cn1)c1ccccc1. The van der Waals surface area contributed by atoms with Crippen LogP contribution in [0.5, 0.6) is 0 Å². The number of carbonyl (C=O) groups excluding carboxylic acids is 1. The first kappa shape index (κ1) is 20.2. The first-order chi connectivity index (χ1) is 13.0. The first-order valence-electron chi connectivity index (χ1n) is 8.63. The van der Waals surface area contributed by atoms with Gasteiger partial charge in [0.25, 0.3) is 0 Å². The summed E-state index contributed by atoms with van der Waals surface area (Å²) in [5.41, 5.74) is 7.49. The molecular weight excluding hydrogens is 346 g/mol. The monoisotopic (exact) mass is 371 g/mol. The van der Waals surface area contributed by atoms with Gasteiger partial charge >= 0.3 is 6.03 Å². The van der Waals surface area contributed by atoms with Crippen LogP contribution in [0.1, 0.15) is 30.5 Å². The maximum atomic E-state index is 12.4. The number of urea groups is 1. The van der Waals surface area contributed by atoms with E-state index in [9.17, 15) is 4.79 Å². The molecule has 27 heavy (non-hydrogen) atoms. The molecule has 1 heterocycles. The highest BCUT2D eigenvalue weighted by Crippen LogP contribution is 2.17. The van der Waals surface area contributed by atoms with Gasteiger partial charge in [0.15, 0.2) is 0 Å². The van der Waals surface area contributed by atoms with Crippen LogP contribution in [-0.4, -0.2) is 37.2 Å². The molecule has 0 radical (unpaired) electrons. The molecule has 2 aromatic rings. The van der Waals surface area contributed by atoms with Gasteiger partial charge in [0, 0.05) is 24.6 Å². The Labute approximate surface area is 158 Å². The number of pyridine rings is 1. The van der Waals surface area contributed by atoms with Crippen LogP contribution in [0.3, 0.4) is 0 Å². The van der Waals surface area contributed by atoms with Crippen LogP contribution in [0.4, 0.5) is 16.3 Å². The van der Waals surface area contributed by atoms with Gasteiger partial charge in [0.2, 0.25) is 5.90 Å². The molecule has 0 saturated carbocycles. The third-order valence-corrected chi connectivity index (χ3v) is 3.77. The molecule has 8 nitrogen and oxygen atoms in total.